The Labute approximate surface area is 123 Å². The summed E-state index contributed by atoms with van der Waals surface area (Å²) in [6.45, 7) is 1.35. The lowest BCUT2D eigenvalue weighted by molar-refractivity contribution is 0.297. The van der Waals surface area contributed by atoms with Crippen molar-refractivity contribution in [1.82, 2.24) is 0 Å². The minimum Gasteiger partial charge on any atom is -0.490 e. The van der Waals surface area contributed by atoms with Crippen LogP contribution < -0.4 is 15.2 Å². The van der Waals surface area contributed by atoms with Crippen molar-refractivity contribution in [2.24, 2.45) is 5.73 Å². The Balaban J connectivity index is 1.94. The second-order valence-corrected chi connectivity index (χ2v) is 5.16. The van der Waals surface area contributed by atoms with Gasteiger partial charge < -0.3 is 15.2 Å². The highest BCUT2D eigenvalue weighted by atomic mass is 35.5. The lowest BCUT2D eigenvalue weighted by Gasteiger charge is -2.16. The van der Waals surface area contributed by atoms with E-state index in [9.17, 15) is 0 Å². The highest BCUT2D eigenvalue weighted by molar-refractivity contribution is 6.31. The van der Waals surface area contributed by atoms with Crippen molar-refractivity contribution in [2.45, 2.75) is 12.5 Å². The molecule has 0 radical (unpaired) electrons. The summed E-state index contributed by atoms with van der Waals surface area (Å²) in [5, 5.41) is 0.673. The number of fused-ring (bicyclic) bond motifs is 1. The van der Waals surface area contributed by atoms with Gasteiger partial charge in [-0.2, -0.15) is 0 Å². The average molecular weight is 290 g/mol. The van der Waals surface area contributed by atoms with Gasteiger partial charge in [0.2, 0.25) is 0 Å². The molecule has 2 aromatic carbocycles. The zero-order valence-corrected chi connectivity index (χ0v) is 11.8. The lowest BCUT2D eigenvalue weighted by atomic mass is 9.99. The molecule has 0 fully saturated rings. The van der Waals surface area contributed by atoms with Crippen LogP contribution in [0.2, 0.25) is 5.02 Å². The Morgan fingerprint density at radius 1 is 1.00 bits per heavy atom. The molecule has 104 valence electrons. The number of nitrogens with two attached hydrogens (primary N) is 1. The van der Waals surface area contributed by atoms with Crippen molar-refractivity contribution in [3.05, 3.63) is 58.6 Å². The van der Waals surface area contributed by atoms with Crippen molar-refractivity contribution in [3.63, 3.8) is 0 Å². The monoisotopic (exact) mass is 289 g/mol. The van der Waals surface area contributed by atoms with E-state index >= 15 is 0 Å². The smallest absolute Gasteiger partial charge is 0.161 e. The summed E-state index contributed by atoms with van der Waals surface area (Å²) in [5.74, 6) is 1.53. The molecule has 1 aliphatic rings. The molecule has 0 amide bonds. The molecule has 2 N–H and O–H groups in total. The Morgan fingerprint density at radius 3 is 2.55 bits per heavy atom. The van der Waals surface area contributed by atoms with E-state index < -0.39 is 0 Å². The molecule has 0 aliphatic carbocycles. The second kappa shape index (κ2) is 5.73. The highest BCUT2D eigenvalue weighted by Gasteiger charge is 2.16. The van der Waals surface area contributed by atoms with Crippen LogP contribution in [-0.2, 0) is 0 Å². The quantitative estimate of drug-likeness (QED) is 0.919. The Hall–Kier alpha value is -1.71. The van der Waals surface area contributed by atoms with Gasteiger partial charge in [0, 0.05) is 11.4 Å². The molecule has 0 aromatic heterocycles. The van der Waals surface area contributed by atoms with Crippen molar-refractivity contribution in [3.8, 4) is 11.5 Å². The van der Waals surface area contributed by atoms with Gasteiger partial charge in [0.25, 0.3) is 0 Å². The summed E-state index contributed by atoms with van der Waals surface area (Å²) >= 11 is 6.20. The van der Waals surface area contributed by atoms with Gasteiger partial charge in [-0.25, -0.2) is 0 Å². The third-order valence-corrected chi connectivity index (χ3v) is 3.72. The summed E-state index contributed by atoms with van der Waals surface area (Å²) in [7, 11) is 0. The maximum atomic E-state index is 6.31. The molecule has 1 atom stereocenters. The predicted molar refractivity (Wildman–Crippen MR) is 79.5 cm³/mol. The first-order valence-electron chi connectivity index (χ1n) is 6.65. The van der Waals surface area contributed by atoms with Gasteiger partial charge in [-0.1, -0.05) is 35.9 Å². The molecule has 20 heavy (non-hydrogen) atoms. The van der Waals surface area contributed by atoms with Gasteiger partial charge in [0.05, 0.1) is 19.3 Å². The molecule has 2 aromatic rings. The zero-order chi connectivity index (χ0) is 13.9. The van der Waals surface area contributed by atoms with E-state index in [1.807, 2.05) is 42.5 Å². The lowest BCUT2D eigenvalue weighted by Crippen LogP contribution is -2.12. The molecule has 0 saturated heterocycles. The van der Waals surface area contributed by atoms with Gasteiger partial charge in [0.1, 0.15) is 0 Å². The molecule has 1 aliphatic heterocycles. The van der Waals surface area contributed by atoms with Gasteiger partial charge in [-0.05, 0) is 29.3 Å². The van der Waals surface area contributed by atoms with Crippen LogP contribution in [0.4, 0.5) is 0 Å². The van der Waals surface area contributed by atoms with Crippen molar-refractivity contribution < 1.29 is 9.47 Å². The molecular formula is C16H16ClNO2. The minimum atomic E-state index is -0.277. The molecule has 4 heteroatoms. The Bertz CT molecular complexity index is 615. The third kappa shape index (κ3) is 2.60. The van der Waals surface area contributed by atoms with E-state index in [1.165, 1.54) is 0 Å². The minimum absolute atomic E-state index is 0.277. The van der Waals surface area contributed by atoms with Crippen molar-refractivity contribution >= 4 is 11.6 Å². The van der Waals surface area contributed by atoms with Crippen LogP contribution in [0.1, 0.15) is 23.6 Å². The first-order valence-corrected chi connectivity index (χ1v) is 7.03. The molecular weight excluding hydrogens is 274 g/mol. The zero-order valence-electron chi connectivity index (χ0n) is 11.0. The fourth-order valence-electron chi connectivity index (χ4n) is 2.28. The molecule has 0 spiro atoms. The summed E-state index contributed by atoms with van der Waals surface area (Å²) < 4.78 is 11.3. The summed E-state index contributed by atoms with van der Waals surface area (Å²) in [6.07, 6.45) is 0.889. The molecule has 1 heterocycles. The first-order chi connectivity index (χ1) is 9.75. The SMILES string of the molecule is N[C@H](c1ccc2c(c1)OCCCO2)c1ccccc1Cl. The predicted octanol–water partition coefficient (Wildman–Crippen LogP) is 3.55. The van der Waals surface area contributed by atoms with E-state index in [0.717, 1.165) is 29.0 Å². The Kier molecular flexibility index (Phi) is 3.81. The van der Waals surface area contributed by atoms with Crippen molar-refractivity contribution in [2.75, 3.05) is 13.2 Å². The van der Waals surface area contributed by atoms with Crippen LogP contribution in [0.5, 0.6) is 11.5 Å². The van der Waals surface area contributed by atoms with E-state index in [1.54, 1.807) is 0 Å². The molecule has 0 unspecified atom stereocenters. The summed E-state index contributed by atoms with van der Waals surface area (Å²) in [6, 6.07) is 13.1. The standard InChI is InChI=1S/C16H16ClNO2/c17-13-5-2-1-4-12(13)16(18)11-6-7-14-15(10-11)20-9-3-8-19-14/h1-2,4-7,10,16H,3,8-9,18H2/t16-/m1/s1. The van der Waals surface area contributed by atoms with Crippen LogP contribution in [0.15, 0.2) is 42.5 Å². The van der Waals surface area contributed by atoms with Crippen LogP contribution in [-0.4, -0.2) is 13.2 Å². The van der Waals surface area contributed by atoms with Crippen LogP contribution in [0, 0.1) is 0 Å². The topological polar surface area (TPSA) is 44.5 Å². The normalized spacial score (nSPS) is 15.5. The molecule has 0 saturated carbocycles. The second-order valence-electron chi connectivity index (χ2n) is 4.76. The van der Waals surface area contributed by atoms with Crippen LogP contribution in [0.25, 0.3) is 0 Å². The van der Waals surface area contributed by atoms with E-state index in [-0.39, 0.29) is 6.04 Å². The number of hydrogen-bond acceptors (Lipinski definition) is 3. The average Bonchev–Trinajstić information content (AvgIpc) is 2.71. The molecule has 0 bridgehead atoms. The fourth-order valence-corrected chi connectivity index (χ4v) is 2.53. The number of benzene rings is 2. The molecule has 3 nitrogen and oxygen atoms in total. The number of rotatable bonds is 2. The molecule has 3 rings (SSSR count). The third-order valence-electron chi connectivity index (χ3n) is 3.37. The Morgan fingerprint density at radius 2 is 1.75 bits per heavy atom. The number of ether oxygens (including phenoxy) is 2. The van der Waals surface area contributed by atoms with Gasteiger partial charge in [-0.15, -0.1) is 0 Å². The van der Waals surface area contributed by atoms with Gasteiger partial charge >= 0.3 is 0 Å². The van der Waals surface area contributed by atoms with Gasteiger partial charge in [0.15, 0.2) is 11.5 Å². The van der Waals surface area contributed by atoms with Gasteiger partial charge in [-0.3, -0.25) is 0 Å². The fraction of sp³-hybridized carbons (Fsp3) is 0.250. The largest absolute Gasteiger partial charge is 0.490 e. The summed E-state index contributed by atoms with van der Waals surface area (Å²) in [4.78, 5) is 0. The number of hydrogen-bond donors (Lipinski definition) is 1. The first kappa shape index (κ1) is 13.3. The van der Waals surface area contributed by atoms with Crippen LogP contribution in [0.3, 0.4) is 0 Å². The van der Waals surface area contributed by atoms with Crippen LogP contribution >= 0.6 is 11.6 Å². The summed E-state index contributed by atoms with van der Waals surface area (Å²) in [5.41, 5.74) is 8.18. The maximum Gasteiger partial charge on any atom is 0.161 e. The van der Waals surface area contributed by atoms with E-state index in [4.69, 9.17) is 26.8 Å². The van der Waals surface area contributed by atoms with Crippen molar-refractivity contribution in [1.29, 1.82) is 0 Å². The van der Waals surface area contributed by atoms with E-state index in [0.29, 0.717) is 18.2 Å². The highest BCUT2D eigenvalue weighted by Crippen LogP contribution is 2.34. The maximum absolute atomic E-state index is 6.31. The van der Waals surface area contributed by atoms with E-state index in [2.05, 4.69) is 0 Å². The number of halogens is 1.